The van der Waals surface area contributed by atoms with Crippen LogP contribution in [0.2, 0.25) is 0 Å². The summed E-state index contributed by atoms with van der Waals surface area (Å²) >= 11 is 0. The number of hydrogen-bond donors (Lipinski definition) is 1. The first-order chi connectivity index (χ1) is 5.83. The largest absolute Gasteiger partial charge is 0.385 e. The fourth-order valence-corrected chi connectivity index (χ4v) is 1.45. The van der Waals surface area contributed by atoms with Crippen molar-refractivity contribution >= 4 is 0 Å². The van der Waals surface area contributed by atoms with Crippen molar-refractivity contribution in [2.75, 3.05) is 26.8 Å². The summed E-state index contributed by atoms with van der Waals surface area (Å²) < 4.78 is 5.08. The minimum absolute atomic E-state index is 0.568. The van der Waals surface area contributed by atoms with Gasteiger partial charge in [-0.05, 0) is 24.7 Å². The molecule has 0 heterocycles. The van der Waals surface area contributed by atoms with Gasteiger partial charge in [0.15, 0.2) is 0 Å². The fraction of sp³-hybridized carbons (Fsp3) is 0.800. The van der Waals surface area contributed by atoms with Gasteiger partial charge in [0, 0.05) is 26.8 Å². The van der Waals surface area contributed by atoms with E-state index in [1.807, 2.05) is 6.08 Å². The van der Waals surface area contributed by atoms with Gasteiger partial charge in [-0.2, -0.15) is 0 Å². The SMILES string of the molecule is C=CCNCC1(CCOC)CC1. The first-order valence-corrected chi connectivity index (χ1v) is 4.63. The molecule has 0 aromatic rings. The highest BCUT2D eigenvalue weighted by molar-refractivity contribution is 4.95. The van der Waals surface area contributed by atoms with Crippen LogP contribution in [0, 0.1) is 5.41 Å². The van der Waals surface area contributed by atoms with Gasteiger partial charge in [0.1, 0.15) is 0 Å². The molecular weight excluding hydrogens is 150 g/mol. The molecule has 0 amide bonds. The number of ether oxygens (including phenoxy) is 1. The highest BCUT2D eigenvalue weighted by Crippen LogP contribution is 2.48. The lowest BCUT2D eigenvalue weighted by Gasteiger charge is -2.14. The Morgan fingerprint density at radius 2 is 2.33 bits per heavy atom. The summed E-state index contributed by atoms with van der Waals surface area (Å²) in [6.45, 7) is 6.63. The van der Waals surface area contributed by atoms with Gasteiger partial charge in [-0.15, -0.1) is 6.58 Å². The van der Waals surface area contributed by atoms with E-state index < -0.39 is 0 Å². The predicted octanol–water partition coefficient (Wildman–Crippen LogP) is 1.58. The second-order valence-corrected chi connectivity index (χ2v) is 3.66. The molecule has 0 atom stereocenters. The standard InChI is InChI=1S/C10H19NO/c1-3-7-11-9-10(4-5-10)6-8-12-2/h3,11H,1,4-9H2,2H3. The summed E-state index contributed by atoms with van der Waals surface area (Å²) in [5.74, 6) is 0. The number of methoxy groups -OCH3 is 1. The van der Waals surface area contributed by atoms with E-state index in [0.717, 1.165) is 19.7 Å². The van der Waals surface area contributed by atoms with Gasteiger partial charge in [0.2, 0.25) is 0 Å². The maximum atomic E-state index is 5.08. The van der Waals surface area contributed by atoms with Crippen molar-refractivity contribution in [1.82, 2.24) is 5.32 Å². The molecule has 1 rings (SSSR count). The van der Waals surface area contributed by atoms with Crippen LogP contribution in [0.5, 0.6) is 0 Å². The average Bonchev–Trinajstić information content (AvgIpc) is 2.83. The Balaban J connectivity index is 2.07. The zero-order valence-electron chi connectivity index (χ0n) is 7.94. The van der Waals surface area contributed by atoms with Gasteiger partial charge < -0.3 is 10.1 Å². The first kappa shape index (κ1) is 9.75. The summed E-state index contributed by atoms with van der Waals surface area (Å²) in [7, 11) is 1.77. The quantitative estimate of drug-likeness (QED) is 0.461. The van der Waals surface area contributed by atoms with Crippen LogP contribution in [0.3, 0.4) is 0 Å². The van der Waals surface area contributed by atoms with Crippen LogP contribution in [0.4, 0.5) is 0 Å². The third-order valence-electron chi connectivity index (χ3n) is 2.58. The Bertz CT molecular complexity index is 141. The van der Waals surface area contributed by atoms with E-state index in [1.54, 1.807) is 7.11 Å². The average molecular weight is 169 g/mol. The van der Waals surface area contributed by atoms with Crippen molar-refractivity contribution in [2.45, 2.75) is 19.3 Å². The Morgan fingerprint density at radius 3 is 2.83 bits per heavy atom. The molecule has 0 saturated heterocycles. The molecule has 1 saturated carbocycles. The third-order valence-corrected chi connectivity index (χ3v) is 2.58. The van der Waals surface area contributed by atoms with Crippen LogP contribution >= 0.6 is 0 Å². The molecule has 2 nitrogen and oxygen atoms in total. The third kappa shape index (κ3) is 2.95. The van der Waals surface area contributed by atoms with Crippen molar-refractivity contribution in [3.63, 3.8) is 0 Å². The second kappa shape index (κ2) is 4.63. The van der Waals surface area contributed by atoms with E-state index in [2.05, 4.69) is 11.9 Å². The van der Waals surface area contributed by atoms with Gasteiger partial charge >= 0.3 is 0 Å². The lowest BCUT2D eigenvalue weighted by atomic mass is 10.0. The zero-order chi connectivity index (χ0) is 8.86. The monoisotopic (exact) mass is 169 g/mol. The molecule has 1 N–H and O–H groups in total. The number of hydrogen-bond acceptors (Lipinski definition) is 2. The fourth-order valence-electron chi connectivity index (χ4n) is 1.45. The highest BCUT2D eigenvalue weighted by Gasteiger charge is 2.41. The molecule has 2 heteroatoms. The van der Waals surface area contributed by atoms with Crippen LogP contribution in [-0.2, 0) is 4.74 Å². The number of nitrogens with one attached hydrogen (secondary N) is 1. The van der Waals surface area contributed by atoms with Crippen molar-refractivity contribution in [3.05, 3.63) is 12.7 Å². The number of rotatable bonds is 7. The normalized spacial score (nSPS) is 19.1. The Kier molecular flexibility index (Phi) is 3.76. The molecule has 0 radical (unpaired) electrons. The Morgan fingerprint density at radius 1 is 1.58 bits per heavy atom. The molecule has 0 spiro atoms. The van der Waals surface area contributed by atoms with Gasteiger partial charge in [-0.25, -0.2) is 0 Å². The van der Waals surface area contributed by atoms with E-state index in [0.29, 0.717) is 5.41 Å². The molecule has 1 fully saturated rings. The molecule has 0 aromatic heterocycles. The van der Waals surface area contributed by atoms with E-state index in [9.17, 15) is 0 Å². The molecule has 0 bridgehead atoms. The van der Waals surface area contributed by atoms with E-state index in [-0.39, 0.29) is 0 Å². The van der Waals surface area contributed by atoms with Crippen LogP contribution in [0.1, 0.15) is 19.3 Å². The molecule has 0 aliphatic heterocycles. The second-order valence-electron chi connectivity index (χ2n) is 3.66. The summed E-state index contributed by atoms with van der Waals surface area (Å²) in [6.07, 6.45) is 5.83. The molecule has 12 heavy (non-hydrogen) atoms. The van der Waals surface area contributed by atoms with Gasteiger partial charge in [-0.1, -0.05) is 6.08 Å². The first-order valence-electron chi connectivity index (χ1n) is 4.63. The smallest absolute Gasteiger partial charge is 0.0468 e. The molecule has 1 aliphatic carbocycles. The van der Waals surface area contributed by atoms with Crippen molar-refractivity contribution in [2.24, 2.45) is 5.41 Å². The summed E-state index contributed by atoms with van der Waals surface area (Å²) in [5.41, 5.74) is 0.568. The topological polar surface area (TPSA) is 21.3 Å². The van der Waals surface area contributed by atoms with E-state index >= 15 is 0 Å². The lowest BCUT2D eigenvalue weighted by Crippen LogP contribution is -2.24. The molecule has 70 valence electrons. The van der Waals surface area contributed by atoms with Gasteiger partial charge in [0.25, 0.3) is 0 Å². The van der Waals surface area contributed by atoms with Gasteiger partial charge in [0.05, 0.1) is 0 Å². The van der Waals surface area contributed by atoms with Crippen LogP contribution in [0.25, 0.3) is 0 Å². The minimum Gasteiger partial charge on any atom is -0.385 e. The van der Waals surface area contributed by atoms with Crippen molar-refractivity contribution < 1.29 is 4.74 Å². The van der Waals surface area contributed by atoms with Crippen LogP contribution in [-0.4, -0.2) is 26.8 Å². The van der Waals surface area contributed by atoms with E-state index in [4.69, 9.17) is 4.74 Å². The Hall–Kier alpha value is -0.340. The minimum atomic E-state index is 0.568. The van der Waals surface area contributed by atoms with E-state index in [1.165, 1.54) is 19.3 Å². The highest BCUT2D eigenvalue weighted by atomic mass is 16.5. The molecular formula is C10H19NO. The maximum Gasteiger partial charge on any atom is 0.0468 e. The molecule has 0 unspecified atom stereocenters. The van der Waals surface area contributed by atoms with Crippen molar-refractivity contribution in [3.8, 4) is 0 Å². The predicted molar refractivity (Wildman–Crippen MR) is 51.2 cm³/mol. The molecule has 0 aromatic carbocycles. The summed E-state index contributed by atoms with van der Waals surface area (Å²) in [4.78, 5) is 0. The van der Waals surface area contributed by atoms with Crippen LogP contribution in [0.15, 0.2) is 12.7 Å². The lowest BCUT2D eigenvalue weighted by molar-refractivity contribution is 0.171. The van der Waals surface area contributed by atoms with Gasteiger partial charge in [-0.3, -0.25) is 0 Å². The zero-order valence-corrected chi connectivity index (χ0v) is 7.94. The summed E-state index contributed by atoms with van der Waals surface area (Å²) in [6, 6.07) is 0. The summed E-state index contributed by atoms with van der Waals surface area (Å²) in [5, 5.41) is 3.37. The van der Waals surface area contributed by atoms with Crippen LogP contribution < -0.4 is 5.32 Å². The van der Waals surface area contributed by atoms with Crippen molar-refractivity contribution in [1.29, 1.82) is 0 Å². The maximum absolute atomic E-state index is 5.08. The Labute approximate surface area is 75.0 Å². The molecule has 1 aliphatic rings.